The van der Waals surface area contributed by atoms with E-state index in [0.717, 1.165) is 19.6 Å². The largest absolute Gasteiger partial charge is 0.367 e. The molecule has 0 bridgehead atoms. The molecule has 1 aromatic rings. The van der Waals surface area contributed by atoms with Crippen LogP contribution in [0, 0.1) is 6.92 Å². The second-order valence-electron chi connectivity index (χ2n) is 5.77. The minimum absolute atomic E-state index is 0.666. The molecule has 0 saturated carbocycles. The van der Waals surface area contributed by atoms with Gasteiger partial charge in [0.15, 0.2) is 0 Å². The first-order valence-corrected chi connectivity index (χ1v) is 7.57. The van der Waals surface area contributed by atoms with Gasteiger partial charge in [-0.1, -0.05) is 12.1 Å². The fraction of sp³-hybridized carbons (Fsp3) is 0.625. The first-order chi connectivity index (χ1) is 9.29. The van der Waals surface area contributed by atoms with Crippen molar-refractivity contribution in [1.82, 2.24) is 10.2 Å². The zero-order valence-corrected chi connectivity index (χ0v) is 12.2. The SMILES string of the molecule is CCN1c2cccc(C)c2CC1CN1CCNCC1. The van der Waals surface area contributed by atoms with Crippen LogP contribution in [-0.2, 0) is 6.42 Å². The molecule has 0 radical (unpaired) electrons. The molecule has 1 fully saturated rings. The van der Waals surface area contributed by atoms with Crippen molar-refractivity contribution < 1.29 is 0 Å². The van der Waals surface area contributed by atoms with Gasteiger partial charge in [-0.15, -0.1) is 0 Å². The number of fused-ring (bicyclic) bond motifs is 1. The van der Waals surface area contributed by atoms with Crippen molar-refractivity contribution in [2.45, 2.75) is 26.3 Å². The fourth-order valence-electron chi connectivity index (χ4n) is 3.55. The maximum atomic E-state index is 3.44. The van der Waals surface area contributed by atoms with E-state index in [1.54, 1.807) is 5.56 Å². The molecule has 3 heteroatoms. The summed E-state index contributed by atoms with van der Waals surface area (Å²) in [6, 6.07) is 7.41. The topological polar surface area (TPSA) is 18.5 Å². The van der Waals surface area contributed by atoms with Gasteiger partial charge < -0.3 is 10.2 Å². The van der Waals surface area contributed by atoms with Gasteiger partial charge in [0.05, 0.1) is 0 Å². The zero-order chi connectivity index (χ0) is 13.2. The third-order valence-corrected chi connectivity index (χ3v) is 4.59. The van der Waals surface area contributed by atoms with E-state index >= 15 is 0 Å². The van der Waals surface area contributed by atoms with Gasteiger partial charge in [-0.25, -0.2) is 0 Å². The molecular formula is C16H25N3. The van der Waals surface area contributed by atoms with Crippen molar-refractivity contribution in [3.8, 4) is 0 Å². The lowest BCUT2D eigenvalue weighted by Gasteiger charge is -2.34. The van der Waals surface area contributed by atoms with Crippen molar-refractivity contribution in [2.24, 2.45) is 0 Å². The Bertz CT molecular complexity index is 438. The molecule has 2 aliphatic rings. The molecule has 2 aliphatic heterocycles. The standard InChI is InChI=1S/C16H25N3/c1-3-19-14(12-18-9-7-17-8-10-18)11-15-13(2)5-4-6-16(15)19/h4-6,14,17H,3,7-12H2,1-2H3. The minimum Gasteiger partial charge on any atom is -0.367 e. The number of hydrogen-bond acceptors (Lipinski definition) is 3. The summed E-state index contributed by atoms with van der Waals surface area (Å²) in [5, 5.41) is 3.44. The number of aryl methyl sites for hydroxylation is 1. The van der Waals surface area contributed by atoms with Gasteiger partial charge >= 0.3 is 0 Å². The summed E-state index contributed by atoms with van der Waals surface area (Å²) in [4.78, 5) is 5.22. The summed E-state index contributed by atoms with van der Waals surface area (Å²) in [7, 11) is 0. The number of piperazine rings is 1. The lowest BCUT2D eigenvalue weighted by molar-refractivity contribution is 0.226. The predicted molar refractivity (Wildman–Crippen MR) is 81.0 cm³/mol. The molecule has 1 saturated heterocycles. The Morgan fingerprint density at radius 1 is 1.26 bits per heavy atom. The van der Waals surface area contributed by atoms with Crippen LogP contribution in [0.15, 0.2) is 18.2 Å². The quantitative estimate of drug-likeness (QED) is 0.890. The highest BCUT2D eigenvalue weighted by Crippen LogP contribution is 2.34. The van der Waals surface area contributed by atoms with E-state index in [-0.39, 0.29) is 0 Å². The molecule has 1 atom stereocenters. The molecule has 0 aliphatic carbocycles. The smallest absolute Gasteiger partial charge is 0.0458 e. The number of anilines is 1. The number of hydrogen-bond donors (Lipinski definition) is 1. The van der Waals surface area contributed by atoms with Gasteiger partial charge in [0.2, 0.25) is 0 Å². The van der Waals surface area contributed by atoms with E-state index in [4.69, 9.17) is 0 Å². The molecule has 0 amide bonds. The molecule has 19 heavy (non-hydrogen) atoms. The summed E-state index contributed by atoms with van der Waals surface area (Å²) >= 11 is 0. The molecule has 1 N–H and O–H groups in total. The summed E-state index contributed by atoms with van der Waals surface area (Å²) in [5.41, 5.74) is 4.51. The van der Waals surface area contributed by atoms with Gasteiger partial charge in [0, 0.05) is 51.0 Å². The van der Waals surface area contributed by atoms with E-state index in [1.807, 2.05) is 0 Å². The van der Waals surface area contributed by atoms with Crippen LogP contribution in [0.5, 0.6) is 0 Å². The van der Waals surface area contributed by atoms with Gasteiger partial charge in [-0.05, 0) is 37.5 Å². The lowest BCUT2D eigenvalue weighted by Crippen LogP contribution is -2.49. The first kappa shape index (κ1) is 12.9. The summed E-state index contributed by atoms with van der Waals surface area (Å²) in [5.74, 6) is 0. The Morgan fingerprint density at radius 3 is 2.79 bits per heavy atom. The van der Waals surface area contributed by atoms with Crippen LogP contribution in [0.2, 0.25) is 0 Å². The van der Waals surface area contributed by atoms with Gasteiger partial charge in [0.1, 0.15) is 0 Å². The van der Waals surface area contributed by atoms with Crippen LogP contribution in [0.3, 0.4) is 0 Å². The van der Waals surface area contributed by atoms with E-state index < -0.39 is 0 Å². The third kappa shape index (κ3) is 2.49. The molecule has 0 aromatic heterocycles. The molecule has 104 valence electrons. The number of nitrogens with zero attached hydrogens (tertiary/aromatic N) is 2. The molecular weight excluding hydrogens is 234 g/mol. The van der Waals surface area contributed by atoms with Crippen LogP contribution >= 0.6 is 0 Å². The Labute approximate surface area is 116 Å². The second-order valence-corrected chi connectivity index (χ2v) is 5.77. The predicted octanol–water partition coefficient (Wildman–Crippen LogP) is 1.65. The number of benzene rings is 1. The first-order valence-electron chi connectivity index (χ1n) is 7.57. The average Bonchev–Trinajstić information content (AvgIpc) is 2.79. The monoisotopic (exact) mass is 259 g/mol. The Balaban J connectivity index is 1.75. The lowest BCUT2D eigenvalue weighted by atomic mass is 10.0. The van der Waals surface area contributed by atoms with E-state index in [9.17, 15) is 0 Å². The van der Waals surface area contributed by atoms with E-state index in [0.29, 0.717) is 6.04 Å². The zero-order valence-electron chi connectivity index (χ0n) is 12.2. The average molecular weight is 259 g/mol. The van der Waals surface area contributed by atoms with Crippen LogP contribution in [0.4, 0.5) is 5.69 Å². The van der Waals surface area contributed by atoms with Crippen molar-refractivity contribution in [3.05, 3.63) is 29.3 Å². The van der Waals surface area contributed by atoms with Crippen molar-refractivity contribution in [1.29, 1.82) is 0 Å². The minimum atomic E-state index is 0.666. The Hall–Kier alpha value is -1.06. The Morgan fingerprint density at radius 2 is 2.05 bits per heavy atom. The number of likely N-dealkylation sites (N-methyl/N-ethyl adjacent to an activating group) is 1. The molecule has 0 spiro atoms. The summed E-state index contributed by atoms with van der Waals surface area (Å²) in [6.45, 7) is 11.5. The highest BCUT2D eigenvalue weighted by atomic mass is 15.3. The van der Waals surface area contributed by atoms with Crippen molar-refractivity contribution in [2.75, 3.05) is 44.2 Å². The van der Waals surface area contributed by atoms with E-state index in [2.05, 4.69) is 47.2 Å². The van der Waals surface area contributed by atoms with Crippen molar-refractivity contribution >= 4 is 5.69 Å². The van der Waals surface area contributed by atoms with Gasteiger partial charge in [-0.3, -0.25) is 4.90 Å². The van der Waals surface area contributed by atoms with E-state index in [1.165, 1.54) is 37.3 Å². The highest BCUT2D eigenvalue weighted by Gasteiger charge is 2.30. The van der Waals surface area contributed by atoms with Crippen molar-refractivity contribution in [3.63, 3.8) is 0 Å². The second kappa shape index (κ2) is 5.51. The maximum Gasteiger partial charge on any atom is 0.0458 e. The van der Waals surface area contributed by atoms with Crippen LogP contribution in [0.25, 0.3) is 0 Å². The maximum absolute atomic E-state index is 3.44. The third-order valence-electron chi connectivity index (χ3n) is 4.59. The molecule has 1 unspecified atom stereocenters. The normalized spacial score (nSPS) is 23.7. The molecule has 3 rings (SSSR count). The highest BCUT2D eigenvalue weighted by molar-refractivity contribution is 5.62. The van der Waals surface area contributed by atoms with Crippen LogP contribution in [0.1, 0.15) is 18.1 Å². The van der Waals surface area contributed by atoms with Crippen LogP contribution in [-0.4, -0.2) is 50.2 Å². The van der Waals surface area contributed by atoms with Crippen LogP contribution < -0.4 is 10.2 Å². The molecule has 1 aromatic carbocycles. The number of rotatable bonds is 3. The summed E-state index contributed by atoms with van der Waals surface area (Å²) < 4.78 is 0. The summed E-state index contributed by atoms with van der Waals surface area (Å²) in [6.07, 6.45) is 1.22. The molecule has 2 heterocycles. The van der Waals surface area contributed by atoms with Gasteiger partial charge in [-0.2, -0.15) is 0 Å². The fourth-order valence-corrected chi connectivity index (χ4v) is 3.55. The van der Waals surface area contributed by atoms with Gasteiger partial charge in [0.25, 0.3) is 0 Å². The Kier molecular flexibility index (Phi) is 3.76. The molecule has 3 nitrogen and oxygen atoms in total. The number of nitrogens with one attached hydrogen (secondary N) is 1.